The Morgan fingerprint density at radius 3 is 2.24 bits per heavy atom. The molecule has 0 unspecified atom stereocenters. The number of nitrogens with zero attached hydrogens (tertiary/aromatic N) is 9. The number of β-amino-alcohol motifs (C(OH)–C–C–N with tert-alkyl or cyclic N) is 1. The van der Waals surface area contributed by atoms with Gasteiger partial charge in [0.1, 0.15) is 28.0 Å². The quantitative estimate of drug-likeness (QED) is 0.0127. The van der Waals surface area contributed by atoms with Crippen molar-refractivity contribution in [2.45, 2.75) is 110 Å². The summed E-state index contributed by atoms with van der Waals surface area (Å²) in [4.78, 5) is 91.7. The summed E-state index contributed by atoms with van der Waals surface area (Å²) in [7, 11) is -4.39. The van der Waals surface area contributed by atoms with Crippen molar-refractivity contribution in [3.8, 4) is 10.4 Å². The van der Waals surface area contributed by atoms with E-state index < -0.39 is 32.5 Å². The molecule has 7 aromatic rings. The van der Waals surface area contributed by atoms with Gasteiger partial charge >= 0.3 is 0 Å². The number of carbonyl (C=O) groups is 4. The lowest BCUT2D eigenvalue weighted by molar-refractivity contribution is -0.383. The minimum atomic E-state index is -4.39. The third-order valence-electron chi connectivity index (χ3n) is 21.2. The molecular formula is C79H102N14O12S2. The Balaban J connectivity index is 0.550. The van der Waals surface area contributed by atoms with Crippen LogP contribution in [0.1, 0.15) is 106 Å². The van der Waals surface area contributed by atoms with Gasteiger partial charge in [0.25, 0.3) is 15.7 Å². The molecule has 0 saturated carbocycles. The van der Waals surface area contributed by atoms with Crippen LogP contribution in [-0.2, 0) is 45.2 Å². The smallest absolute Gasteiger partial charge is 0.292 e. The first-order chi connectivity index (χ1) is 51.5. The van der Waals surface area contributed by atoms with E-state index in [1.54, 1.807) is 37.4 Å². The summed E-state index contributed by atoms with van der Waals surface area (Å²) in [6.07, 6.45) is 5.53. The predicted octanol–water partition coefficient (Wildman–Crippen LogP) is 9.88. The number of aromatic amines is 1. The lowest BCUT2D eigenvalue weighted by atomic mass is 9.72. The minimum Gasteiger partial charge on any atom is -0.391 e. The number of rotatable bonds is 33. The lowest BCUT2D eigenvalue weighted by Crippen LogP contribution is -2.50. The second-order valence-electron chi connectivity index (χ2n) is 30.0. The van der Waals surface area contributed by atoms with Gasteiger partial charge in [-0.3, -0.25) is 48.7 Å². The summed E-state index contributed by atoms with van der Waals surface area (Å²) in [5.41, 5.74) is 11.1. The standard InChI is InChI=1S/C79H102N14O12S2/c1-55-74(106-54-84-55)58-15-13-56(14-16-58)51-83-76(97)69-49-63(94)53-92(69)77(98)79(4,5)25-27-81-72(96)23-40-103-42-44-105-45-43-104-41-39-88-33-31-87(32-34-88)30-28-80-65-47-61(17-19-66(65)93(99)100)86-107(101,102)71-20-18-62(48-67(71)91-29-9-12-70(95)73-68(91)46-59-22-26-82-75(59)85-73)90-37-35-89(36-38-90)52-60-21-24-78(2,3)50-64(60)57-10-7-6-8-11-57/h6-8,10-11,13-20,22,26,46-48,54,63,69,80,86,94H,9,12,21,23-25,27-45,49-53H2,1-5H3,(H,81,96)(H,82,85)(H,83,97)/t63-,69+/m0/s1. The van der Waals surface area contributed by atoms with Crippen LogP contribution < -0.4 is 30.5 Å². The molecule has 3 amide bonds. The number of nitro groups is 1. The number of ketones is 1. The van der Waals surface area contributed by atoms with Gasteiger partial charge in [0.05, 0.1) is 83.8 Å². The van der Waals surface area contributed by atoms with Crippen LogP contribution in [0, 0.1) is 27.9 Å². The Labute approximate surface area is 630 Å². The molecule has 4 aliphatic heterocycles. The number of pyridine rings is 1. The second-order valence-corrected chi connectivity index (χ2v) is 32.5. The van der Waals surface area contributed by atoms with E-state index in [0.29, 0.717) is 82.5 Å². The number of ether oxygens (including phenoxy) is 3. The normalized spacial score (nSPS) is 18.4. The monoisotopic (exact) mass is 1500 g/mol. The predicted molar refractivity (Wildman–Crippen MR) is 417 cm³/mol. The first-order valence-electron chi connectivity index (χ1n) is 37.5. The zero-order chi connectivity index (χ0) is 75.2. The number of fused-ring (bicyclic) bond motifs is 2. The number of H-pyrrole nitrogens is 1. The van der Waals surface area contributed by atoms with Crippen LogP contribution in [0.4, 0.5) is 34.1 Å². The summed E-state index contributed by atoms with van der Waals surface area (Å²) in [5.74, 6) is -0.919. The van der Waals surface area contributed by atoms with E-state index in [0.717, 1.165) is 117 Å². The summed E-state index contributed by atoms with van der Waals surface area (Å²) < 4.78 is 50.0. The van der Waals surface area contributed by atoms with Crippen LogP contribution in [-0.4, -0.2) is 226 Å². The van der Waals surface area contributed by atoms with Crippen LogP contribution >= 0.6 is 11.3 Å². The summed E-state index contributed by atoms with van der Waals surface area (Å²) in [5, 5.41) is 32.8. The number of nitro benzene ring substituents is 1. The maximum atomic E-state index is 15.0. The van der Waals surface area contributed by atoms with Crippen molar-refractivity contribution in [2.75, 3.05) is 158 Å². The van der Waals surface area contributed by atoms with E-state index in [-0.39, 0.29) is 102 Å². The fourth-order valence-electron chi connectivity index (χ4n) is 14.9. The third-order valence-corrected chi connectivity index (χ3v) is 23.6. The number of hydrogen-bond donors (Lipinski definition) is 6. The van der Waals surface area contributed by atoms with Gasteiger partial charge in [-0.05, 0) is 109 Å². The number of Topliss-reactive ketones (excluding diaryl/α,β-unsaturated/α-hetero) is 1. The summed E-state index contributed by atoms with van der Waals surface area (Å²) in [6, 6.07) is 31.2. The molecular weight excluding hydrogens is 1400 g/mol. The first kappa shape index (κ1) is 77.9. The van der Waals surface area contributed by atoms with Crippen LogP contribution in [0.25, 0.3) is 27.0 Å². The van der Waals surface area contributed by atoms with Crippen LogP contribution in [0.5, 0.6) is 0 Å². The highest BCUT2D eigenvalue weighted by Crippen LogP contribution is 2.45. The fourth-order valence-corrected chi connectivity index (χ4v) is 17.0. The van der Waals surface area contributed by atoms with Gasteiger partial charge in [-0.1, -0.05) is 87.9 Å². The molecule has 0 spiro atoms. The SMILES string of the molecule is Cc1ncsc1-c1ccc(CNC(=O)[C@H]2C[C@H](O)CN2C(=O)C(C)(C)CCNC(=O)CCOCCOCCOCCN2CCN(CCNc3cc(NS(=O)(=O)c4ccc(N5CCN(CC6=C(c7ccccc7)CC(C)(C)CC6)CC5)cc4N4CCCC(=O)c5nc6[nH]ccc6cc54)ccc3[N+](=O)[O-])CC2)cc1. The Kier molecular flexibility index (Phi) is 25.9. The molecule has 0 radical (unpaired) electrons. The Hall–Kier alpha value is -8.71. The zero-order valence-electron chi connectivity index (χ0n) is 62.1. The number of allylic oxidation sites excluding steroid dienone is 1. The number of aromatic nitrogens is 3. The van der Waals surface area contributed by atoms with Crippen molar-refractivity contribution in [3.05, 3.63) is 153 Å². The number of thiazole rings is 1. The van der Waals surface area contributed by atoms with Gasteiger partial charge in [0.15, 0.2) is 5.78 Å². The van der Waals surface area contributed by atoms with Crippen LogP contribution in [0.15, 0.2) is 125 Å². The molecule has 12 rings (SSSR count). The number of aliphatic hydroxyl groups is 1. The molecule has 28 heteroatoms. The molecule has 5 aliphatic rings. The van der Waals surface area contributed by atoms with Crippen molar-refractivity contribution < 1.29 is 51.8 Å². The van der Waals surface area contributed by atoms with E-state index in [2.05, 4.69) is 94.4 Å². The molecule has 107 heavy (non-hydrogen) atoms. The number of benzene rings is 4. The maximum Gasteiger partial charge on any atom is 0.292 e. The number of carbonyl (C=O) groups excluding carboxylic acids is 4. The van der Waals surface area contributed by atoms with Crippen molar-refractivity contribution >= 4 is 95.6 Å². The summed E-state index contributed by atoms with van der Waals surface area (Å²) >= 11 is 1.57. The average Bonchev–Trinajstić information content (AvgIpc) is 1.73. The van der Waals surface area contributed by atoms with E-state index in [1.807, 2.05) is 65.9 Å². The van der Waals surface area contributed by atoms with Crippen molar-refractivity contribution in [1.82, 2.24) is 45.2 Å². The Bertz CT molecular complexity index is 4400. The average molecular weight is 1500 g/mol. The van der Waals surface area contributed by atoms with Gasteiger partial charge in [-0.15, -0.1) is 11.3 Å². The minimum absolute atomic E-state index is 0.00944. The lowest BCUT2D eigenvalue weighted by Gasteiger charge is -2.39. The molecule has 26 nitrogen and oxygen atoms in total. The molecule has 3 fully saturated rings. The van der Waals surface area contributed by atoms with Crippen molar-refractivity contribution in [3.63, 3.8) is 0 Å². The zero-order valence-corrected chi connectivity index (χ0v) is 63.7. The highest BCUT2D eigenvalue weighted by atomic mass is 32.2. The van der Waals surface area contributed by atoms with E-state index in [1.165, 1.54) is 39.8 Å². The number of sulfonamides is 1. The number of anilines is 5. The van der Waals surface area contributed by atoms with Gasteiger partial charge in [-0.25, -0.2) is 18.4 Å². The van der Waals surface area contributed by atoms with Crippen molar-refractivity contribution in [1.29, 1.82) is 0 Å². The third kappa shape index (κ3) is 20.2. The molecule has 572 valence electrons. The molecule has 1 aliphatic carbocycles. The Morgan fingerprint density at radius 2 is 1.51 bits per heavy atom. The number of aryl methyl sites for hydroxylation is 1. The fraction of sp³-hybridized carbons (Fsp3) is 0.494. The molecule has 7 heterocycles. The number of likely N-dealkylation sites (tertiary alicyclic amines) is 1. The number of hydrogen-bond acceptors (Lipinski definition) is 21. The maximum absolute atomic E-state index is 15.0. The number of amides is 3. The highest BCUT2D eigenvalue weighted by molar-refractivity contribution is 7.93. The van der Waals surface area contributed by atoms with E-state index in [4.69, 9.17) is 19.2 Å². The molecule has 3 aromatic heterocycles. The topological polar surface area (TPSA) is 303 Å². The summed E-state index contributed by atoms with van der Waals surface area (Å²) in [6.45, 7) is 22.3. The van der Waals surface area contributed by atoms with Crippen LogP contribution in [0.3, 0.4) is 0 Å². The largest absolute Gasteiger partial charge is 0.391 e. The van der Waals surface area contributed by atoms with Crippen molar-refractivity contribution in [2.24, 2.45) is 10.8 Å². The van der Waals surface area contributed by atoms with Gasteiger partial charge in [-0.2, -0.15) is 0 Å². The molecule has 6 N–H and O–H groups in total. The number of piperazine rings is 2. The van der Waals surface area contributed by atoms with Gasteiger partial charge < -0.3 is 55.0 Å². The molecule has 3 saturated heterocycles. The first-order valence-corrected chi connectivity index (χ1v) is 39.8. The number of aliphatic hydroxyl groups excluding tert-OH is 1. The van der Waals surface area contributed by atoms with Gasteiger partial charge in [0, 0.05) is 153 Å². The molecule has 0 bridgehead atoms. The van der Waals surface area contributed by atoms with Crippen LogP contribution in [0.2, 0.25) is 0 Å². The molecule has 4 aromatic carbocycles. The highest BCUT2D eigenvalue weighted by Gasteiger charge is 2.44. The number of nitrogens with one attached hydrogen (secondary N) is 5. The van der Waals surface area contributed by atoms with E-state index >= 15 is 8.42 Å². The van der Waals surface area contributed by atoms with Gasteiger partial charge in [0.2, 0.25) is 17.7 Å². The second kappa shape index (κ2) is 35.6. The van der Waals surface area contributed by atoms with E-state index in [9.17, 15) is 34.4 Å². The Morgan fingerprint density at radius 1 is 0.794 bits per heavy atom. The molecule has 2 atom stereocenters.